The molecule has 0 saturated heterocycles. The van der Waals surface area contributed by atoms with E-state index in [0.29, 0.717) is 12.1 Å². The number of rotatable bonds is 18. The molecule has 56 heavy (non-hydrogen) atoms. The number of aromatic nitrogens is 3. The molecule has 0 aliphatic carbocycles. The molecule has 0 aliphatic heterocycles. The lowest BCUT2D eigenvalue weighted by molar-refractivity contribution is 0.472. The molecule has 0 saturated carbocycles. The third kappa shape index (κ3) is 11.7. The van der Waals surface area contributed by atoms with Crippen molar-refractivity contribution in [2.24, 2.45) is 10.2 Å². The van der Waals surface area contributed by atoms with Gasteiger partial charge in [0.25, 0.3) is 30.4 Å². The number of nitrogens with zero attached hydrogens (tertiary/aromatic N) is 6. The number of fused-ring (bicyclic) bond motifs is 1. The first kappa shape index (κ1) is 45.1. The zero-order valence-electron chi connectivity index (χ0n) is 27.9. The molecule has 4 aromatic rings. The minimum atomic E-state index is -5.34. The molecular formula is C27H28Cl3N7O14S5. The Bertz CT molecular complexity index is 2720. The SMILES string of the molecule is O=S(=O)(CCCl)CCN(CCS(=O)(=O)CCCl)c1nc(Cl)nc(Nc2cc(S(=O)(=O)O)cc3cc(S(=O)(=O)O)c(N=Nc4ccccc4S(=O)(=O)O)c(O)c23)n1. The van der Waals surface area contributed by atoms with E-state index in [0.717, 1.165) is 23.1 Å². The second kappa shape index (κ2) is 17.5. The van der Waals surface area contributed by atoms with Crippen LogP contribution in [0.2, 0.25) is 5.28 Å². The lowest BCUT2D eigenvalue weighted by Gasteiger charge is -2.23. The van der Waals surface area contributed by atoms with E-state index in [1.807, 2.05) is 0 Å². The molecule has 0 radical (unpaired) electrons. The molecule has 1 heterocycles. The van der Waals surface area contributed by atoms with E-state index in [2.05, 4.69) is 30.5 Å². The average Bonchev–Trinajstić information content (AvgIpc) is 3.06. The van der Waals surface area contributed by atoms with E-state index in [1.54, 1.807) is 0 Å². The molecule has 0 amide bonds. The first-order chi connectivity index (χ1) is 25.8. The predicted octanol–water partition coefficient (Wildman–Crippen LogP) is 3.40. The van der Waals surface area contributed by atoms with Crippen molar-refractivity contribution >= 4 is 125 Å². The number of aromatic hydroxyl groups is 1. The van der Waals surface area contributed by atoms with Crippen molar-refractivity contribution in [3.8, 4) is 5.75 Å². The molecular weight excluding hydrogens is 913 g/mol. The summed E-state index contributed by atoms with van der Waals surface area (Å²) in [5, 5.41) is 19.7. The van der Waals surface area contributed by atoms with Crippen LogP contribution in [-0.2, 0) is 50.0 Å². The number of sulfone groups is 2. The third-order valence-electron chi connectivity index (χ3n) is 7.35. The van der Waals surface area contributed by atoms with Crippen molar-refractivity contribution in [2.45, 2.75) is 14.7 Å². The maximum atomic E-state index is 12.5. The number of benzene rings is 3. The van der Waals surface area contributed by atoms with Gasteiger partial charge < -0.3 is 15.3 Å². The van der Waals surface area contributed by atoms with Crippen LogP contribution in [0.5, 0.6) is 5.75 Å². The molecule has 0 bridgehead atoms. The number of azo groups is 1. The van der Waals surface area contributed by atoms with Crippen LogP contribution in [0.15, 0.2) is 67.4 Å². The molecule has 21 nitrogen and oxygen atoms in total. The first-order valence-corrected chi connectivity index (χ1v) is 24.5. The highest BCUT2D eigenvalue weighted by atomic mass is 35.5. The summed E-state index contributed by atoms with van der Waals surface area (Å²) in [5.41, 5.74) is -2.08. The van der Waals surface area contributed by atoms with Crippen LogP contribution in [0.1, 0.15) is 0 Å². The van der Waals surface area contributed by atoms with E-state index in [9.17, 15) is 60.9 Å². The summed E-state index contributed by atoms with van der Waals surface area (Å²) in [4.78, 5) is 10.3. The van der Waals surface area contributed by atoms with Gasteiger partial charge in [0.05, 0.1) is 33.6 Å². The lowest BCUT2D eigenvalue weighted by Crippen LogP contribution is -2.36. The number of anilines is 3. The summed E-state index contributed by atoms with van der Waals surface area (Å²) in [6, 6.07) is 6.53. The molecule has 0 unspecified atom stereocenters. The number of phenolic OH excluding ortho intramolecular Hbond substituents is 1. The highest BCUT2D eigenvalue weighted by Crippen LogP contribution is 2.46. The van der Waals surface area contributed by atoms with Crippen LogP contribution in [0.4, 0.5) is 29.0 Å². The van der Waals surface area contributed by atoms with E-state index in [-0.39, 0.29) is 24.8 Å². The van der Waals surface area contributed by atoms with Crippen molar-refractivity contribution < 1.29 is 60.9 Å². The highest BCUT2D eigenvalue weighted by Gasteiger charge is 2.27. The zero-order chi connectivity index (χ0) is 41.9. The minimum Gasteiger partial charge on any atom is -0.505 e. The van der Waals surface area contributed by atoms with Gasteiger partial charge in [-0.05, 0) is 47.3 Å². The fourth-order valence-electron chi connectivity index (χ4n) is 4.77. The maximum Gasteiger partial charge on any atom is 0.296 e. The fourth-order valence-corrected chi connectivity index (χ4v) is 10.0. The number of hydrogen-bond donors (Lipinski definition) is 5. The van der Waals surface area contributed by atoms with Gasteiger partial charge in [0.15, 0.2) is 25.4 Å². The average molecular weight is 941 g/mol. The van der Waals surface area contributed by atoms with Gasteiger partial charge >= 0.3 is 0 Å². The monoisotopic (exact) mass is 939 g/mol. The van der Waals surface area contributed by atoms with Gasteiger partial charge in [0.1, 0.15) is 21.2 Å². The molecule has 0 aliphatic rings. The Kier molecular flexibility index (Phi) is 14.1. The summed E-state index contributed by atoms with van der Waals surface area (Å²) in [5.74, 6) is -4.45. The van der Waals surface area contributed by atoms with Gasteiger partial charge in [0.2, 0.25) is 17.2 Å². The predicted molar refractivity (Wildman–Crippen MR) is 205 cm³/mol. The van der Waals surface area contributed by atoms with Gasteiger partial charge in [-0.1, -0.05) is 12.1 Å². The van der Waals surface area contributed by atoms with Gasteiger partial charge in [-0.3, -0.25) is 13.7 Å². The Balaban J connectivity index is 1.94. The second-order valence-electron chi connectivity index (χ2n) is 11.3. The lowest BCUT2D eigenvalue weighted by atomic mass is 10.1. The molecule has 0 spiro atoms. The van der Waals surface area contributed by atoms with Crippen LogP contribution in [0.3, 0.4) is 0 Å². The summed E-state index contributed by atoms with van der Waals surface area (Å²) in [7, 11) is -22.9. The Morgan fingerprint density at radius 1 is 0.696 bits per heavy atom. The number of nitrogens with one attached hydrogen (secondary N) is 1. The van der Waals surface area contributed by atoms with E-state index in [4.69, 9.17) is 34.8 Å². The molecule has 306 valence electrons. The van der Waals surface area contributed by atoms with E-state index < -0.39 is 138 Å². The number of hydrogen-bond acceptors (Lipinski definition) is 18. The molecule has 0 atom stereocenters. The molecule has 3 aromatic carbocycles. The molecule has 29 heteroatoms. The topological polar surface area (TPSA) is 330 Å². The summed E-state index contributed by atoms with van der Waals surface area (Å²) in [6.45, 7) is -0.768. The number of alkyl halides is 2. The highest BCUT2D eigenvalue weighted by molar-refractivity contribution is 7.91. The van der Waals surface area contributed by atoms with E-state index >= 15 is 0 Å². The van der Waals surface area contributed by atoms with Gasteiger partial charge in [-0.2, -0.15) is 40.2 Å². The molecule has 4 rings (SSSR count). The molecule has 0 fully saturated rings. The second-order valence-corrected chi connectivity index (χ2v) is 21.2. The van der Waals surface area contributed by atoms with Gasteiger partial charge in [-0.25, -0.2) is 16.8 Å². The normalized spacial score (nSPS) is 13.0. The minimum absolute atomic E-state index is 0.228. The third-order valence-corrected chi connectivity index (χ3v) is 14.2. The van der Waals surface area contributed by atoms with Crippen LogP contribution in [-0.4, -0.2) is 124 Å². The van der Waals surface area contributed by atoms with Gasteiger partial charge in [-0.15, -0.1) is 33.4 Å². The van der Waals surface area contributed by atoms with Crippen LogP contribution in [0, 0.1) is 0 Å². The maximum absolute atomic E-state index is 12.5. The largest absolute Gasteiger partial charge is 0.505 e. The Morgan fingerprint density at radius 3 is 1.80 bits per heavy atom. The van der Waals surface area contributed by atoms with Gasteiger partial charge in [0, 0.05) is 30.2 Å². The summed E-state index contributed by atoms with van der Waals surface area (Å²) >= 11 is 17.4. The van der Waals surface area contributed by atoms with E-state index in [1.165, 1.54) is 12.1 Å². The first-order valence-electron chi connectivity index (χ1n) is 15.1. The van der Waals surface area contributed by atoms with Crippen molar-refractivity contribution in [1.82, 2.24) is 15.0 Å². The smallest absolute Gasteiger partial charge is 0.296 e. The van der Waals surface area contributed by atoms with Crippen LogP contribution in [0.25, 0.3) is 10.8 Å². The molecule has 5 N–H and O–H groups in total. The number of phenols is 1. The fraction of sp³-hybridized carbons (Fsp3) is 0.296. The number of halogens is 3. The van der Waals surface area contributed by atoms with Crippen molar-refractivity contribution in [2.75, 3.05) is 58.1 Å². The quantitative estimate of drug-likeness (QED) is 0.0542. The summed E-state index contributed by atoms with van der Waals surface area (Å²) in [6.07, 6.45) is 0. The van der Waals surface area contributed by atoms with Crippen molar-refractivity contribution in [3.63, 3.8) is 0 Å². The van der Waals surface area contributed by atoms with Crippen LogP contribution >= 0.6 is 34.8 Å². The standard InChI is InChI=1S/C27H28Cl3N7O14S5/c28-5-9-52(39,40)11-7-37(8-12-53(41,42)10-6-29)27-33-25(30)32-26(34-27)31-19-15-17(54(43,44)45)13-16-14-21(56(49,50)51)23(24(38)22(16)19)36-35-18-3-1-2-4-20(18)55(46,47)48/h1-4,13-15,38H,5-12H2,(H,43,44,45)(H,46,47,48)(H,49,50,51)(H,31,32,33,34). The Morgan fingerprint density at radius 2 is 1.27 bits per heavy atom. The van der Waals surface area contributed by atoms with Crippen LogP contribution < -0.4 is 10.2 Å². The van der Waals surface area contributed by atoms with Crippen molar-refractivity contribution in [1.29, 1.82) is 0 Å². The summed E-state index contributed by atoms with van der Waals surface area (Å²) < 4.78 is 153. The van der Waals surface area contributed by atoms with Crippen molar-refractivity contribution in [3.05, 3.63) is 47.7 Å². The Labute approximate surface area is 334 Å². The Hall–Kier alpha value is -3.57. The zero-order valence-corrected chi connectivity index (χ0v) is 34.3. The molecule has 1 aromatic heterocycles.